The van der Waals surface area contributed by atoms with Crippen molar-refractivity contribution >= 4 is 6.41 Å². The lowest BCUT2D eigenvalue weighted by Gasteiger charge is -2.29. The molecule has 1 atom stereocenters. The van der Waals surface area contributed by atoms with Crippen LogP contribution in [0.2, 0.25) is 0 Å². The third-order valence-corrected chi connectivity index (χ3v) is 1.66. The van der Waals surface area contributed by atoms with Gasteiger partial charge in [-0.25, -0.2) is 0 Å². The van der Waals surface area contributed by atoms with E-state index >= 15 is 0 Å². The Hall–Kier alpha value is -0.610. The maximum Gasteiger partial charge on any atom is 0.209 e. The zero-order valence-electron chi connectivity index (χ0n) is 5.79. The fourth-order valence-corrected chi connectivity index (χ4v) is 1.07. The Morgan fingerprint density at radius 3 is 3.20 bits per heavy atom. The summed E-state index contributed by atoms with van der Waals surface area (Å²) in [5.41, 5.74) is 0. The Balaban J connectivity index is 2.31. The number of hydrogen-bond donors (Lipinski definition) is 2. The van der Waals surface area contributed by atoms with E-state index in [1.165, 1.54) is 0 Å². The summed E-state index contributed by atoms with van der Waals surface area (Å²) in [6, 6.07) is 0.0685. The van der Waals surface area contributed by atoms with Crippen LogP contribution in [-0.2, 0) is 4.79 Å². The number of nitrogens with one attached hydrogen (secondary N) is 1. The number of amides is 1. The lowest BCUT2D eigenvalue weighted by molar-refractivity contribution is -0.119. The van der Waals surface area contributed by atoms with Crippen LogP contribution in [0.25, 0.3) is 0 Å². The predicted octanol–water partition coefficient (Wildman–Crippen LogP) is -1.59. The van der Waals surface area contributed by atoms with E-state index < -0.39 is 0 Å². The van der Waals surface area contributed by atoms with Gasteiger partial charge in [0, 0.05) is 25.7 Å². The Morgan fingerprint density at radius 1 is 1.80 bits per heavy atom. The first-order valence-electron chi connectivity index (χ1n) is 3.40. The second kappa shape index (κ2) is 3.53. The molecular formula is C6H12N2O2. The molecule has 1 heterocycles. The van der Waals surface area contributed by atoms with Crippen LogP contribution in [0.5, 0.6) is 0 Å². The van der Waals surface area contributed by atoms with E-state index in [0.717, 1.165) is 19.5 Å². The van der Waals surface area contributed by atoms with E-state index in [4.69, 9.17) is 5.11 Å². The zero-order chi connectivity index (χ0) is 7.40. The Labute approximate surface area is 59.8 Å². The van der Waals surface area contributed by atoms with E-state index in [1.54, 1.807) is 4.90 Å². The number of rotatable bonds is 2. The molecule has 0 saturated carbocycles. The van der Waals surface area contributed by atoms with Gasteiger partial charge in [-0.1, -0.05) is 0 Å². The fourth-order valence-electron chi connectivity index (χ4n) is 1.07. The summed E-state index contributed by atoms with van der Waals surface area (Å²) in [5.74, 6) is 0. The smallest absolute Gasteiger partial charge is 0.209 e. The van der Waals surface area contributed by atoms with Gasteiger partial charge in [0.1, 0.15) is 0 Å². The van der Waals surface area contributed by atoms with Crippen molar-refractivity contribution in [3.63, 3.8) is 0 Å². The van der Waals surface area contributed by atoms with E-state index in [1.807, 2.05) is 0 Å². The molecule has 0 radical (unpaired) electrons. The summed E-state index contributed by atoms with van der Waals surface area (Å²) in [7, 11) is 0. The van der Waals surface area contributed by atoms with Crippen LogP contribution in [0.15, 0.2) is 0 Å². The van der Waals surface area contributed by atoms with Crippen molar-refractivity contribution in [3.8, 4) is 0 Å². The average molecular weight is 144 g/mol. The molecule has 58 valence electrons. The second-order valence-electron chi connectivity index (χ2n) is 2.43. The molecule has 0 aromatic carbocycles. The van der Waals surface area contributed by atoms with Crippen molar-refractivity contribution in [2.24, 2.45) is 0 Å². The first-order valence-corrected chi connectivity index (χ1v) is 3.40. The Morgan fingerprint density at radius 2 is 2.60 bits per heavy atom. The molecule has 2 N–H and O–H groups in total. The predicted molar refractivity (Wildman–Crippen MR) is 36.5 cm³/mol. The van der Waals surface area contributed by atoms with Crippen molar-refractivity contribution in [2.75, 3.05) is 26.2 Å². The molecule has 1 aliphatic heterocycles. The minimum Gasteiger partial charge on any atom is -0.395 e. The monoisotopic (exact) mass is 144 g/mol. The van der Waals surface area contributed by atoms with Crippen LogP contribution in [0, 0.1) is 0 Å². The second-order valence-corrected chi connectivity index (χ2v) is 2.43. The Bertz CT molecular complexity index is 118. The summed E-state index contributed by atoms with van der Waals surface area (Å²) in [4.78, 5) is 11.9. The first-order chi connectivity index (χ1) is 4.86. The molecule has 0 aromatic rings. The molecule has 1 unspecified atom stereocenters. The quantitative estimate of drug-likeness (QED) is 0.459. The van der Waals surface area contributed by atoms with Crippen LogP contribution >= 0.6 is 0 Å². The molecule has 4 heteroatoms. The third-order valence-electron chi connectivity index (χ3n) is 1.66. The minimum atomic E-state index is 0.0685. The number of hydrogen-bond acceptors (Lipinski definition) is 3. The highest BCUT2D eigenvalue weighted by Crippen LogP contribution is 1.94. The van der Waals surface area contributed by atoms with Crippen molar-refractivity contribution < 1.29 is 9.90 Å². The van der Waals surface area contributed by atoms with Gasteiger partial charge in [-0.3, -0.25) is 4.79 Å². The number of aliphatic hydroxyl groups is 1. The molecule has 1 saturated heterocycles. The number of piperazine rings is 1. The van der Waals surface area contributed by atoms with Gasteiger partial charge in [0.25, 0.3) is 0 Å². The SMILES string of the molecule is O=CN1CCNC(CO)C1. The Kier molecular flexibility index (Phi) is 2.65. The summed E-state index contributed by atoms with van der Waals surface area (Å²) < 4.78 is 0. The van der Waals surface area contributed by atoms with Gasteiger partial charge in [0.2, 0.25) is 6.41 Å². The highest BCUT2D eigenvalue weighted by atomic mass is 16.3. The maximum atomic E-state index is 10.2. The van der Waals surface area contributed by atoms with Crippen LogP contribution < -0.4 is 5.32 Å². The van der Waals surface area contributed by atoms with Crippen molar-refractivity contribution in [3.05, 3.63) is 0 Å². The lowest BCUT2D eigenvalue weighted by Crippen LogP contribution is -2.51. The van der Waals surface area contributed by atoms with Gasteiger partial charge < -0.3 is 15.3 Å². The average Bonchev–Trinajstić information content (AvgIpc) is 2.05. The van der Waals surface area contributed by atoms with Gasteiger partial charge in [-0.05, 0) is 0 Å². The number of carbonyl (C=O) groups is 1. The van der Waals surface area contributed by atoms with Crippen LogP contribution in [-0.4, -0.2) is 48.7 Å². The molecule has 0 spiro atoms. The molecule has 0 bridgehead atoms. The molecule has 10 heavy (non-hydrogen) atoms. The van der Waals surface area contributed by atoms with E-state index in [9.17, 15) is 4.79 Å². The van der Waals surface area contributed by atoms with Crippen LogP contribution in [0.1, 0.15) is 0 Å². The highest BCUT2D eigenvalue weighted by molar-refractivity contribution is 5.47. The molecule has 1 fully saturated rings. The normalized spacial score (nSPS) is 26.5. The largest absolute Gasteiger partial charge is 0.395 e. The van der Waals surface area contributed by atoms with Gasteiger partial charge >= 0.3 is 0 Å². The topological polar surface area (TPSA) is 52.6 Å². The number of aliphatic hydroxyl groups excluding tert-OH is 1. The summed E-state index contributed by atoms with van der Waals surface area (Å²) in [5, 5.41) is 11.8. The standard InChI is InChI=1S/C6H12N2O2/c9-4-6-3-8(5-10)2-1-7-6/h5-7,9H,1-4H2. The summed E-state index contributed by atoms with van der Waals surface area (Å²) in [6.07, 6.45) is 0.823. The number of carbonyl (C=O) groups excluding carboxylic acids is 1. The molecule has 1 amide bonds. The lowest BCUT2D eigenvalue weighted by atomic mass is 10.2. The summed E-state index contributed by atoms with van der Waals surface area (Å²) >= 11 is 0. The summed E-state index contributed by atoms with van der Waals surface area (Å²) in [6.45, 7) is 2.26. The van der Waals surface area contributed by atoms with Crippen LogP contribution in [0.3, 0.4) is 0 Å². The van der Waals surface area contributed by atoms with E-state index in [-0.39, 0.29) is 12.6 Å². The van der Waals surface area contributed by atoms with Crippen LogP contribution in [0.4, 0.5) is 0 Å². The maximum absolute atomic E-state index is 10.2. The molecule has 4 nitrogen and oxygen atoms in total. The third kappa shape index (κ3) is 1.68. The zero-order valence-corrected chi connectivity index (χ0v) is 5.79. The number of nitrogens with zero attached hydrogens (tertiary/aromatic N) is 1. The van der Waals surface area contributed by atoms with Crippen molar-refractivity contribution in [2.45, 2.75) is 6.04 Å². The van der Waals surface area contributed by atoms with Gasteiger partial charge in [0.05, 0.1) is 6.61 Å². The van der Waals surface area contributed by atoms with E-state index in [2.05, 4.69) is 5.32 Å². The molecule has 0 aliphatic carbocycles. The molecule has 1 rings (SSSR count). The van der Waals surface area contributed by atoms with Gasteiger partial charge in [-0.2, -0.15) is 0 Å². The van der Waals surface area contributed by atoms with Gasteiger partial charge in [0.15, 0.2) is 0 Å². The van der Waals surface area contributed by atoms with Crippen molar-refractivity contribution in [1.82, 2.24) is 10.2 Å². The molecule has 0 aromatic heterocycles. The first kappa shape index (κ1) is 7.50. The molecular weight excluding hydrogens is 132 g/mol. The van der Waals surface area contributed by atoms with E-state index in [0.29, 0.717) is 6.54 Å². The van der Waals surface area contributed by atoms with Crippen molar-refractivity contribution in [1.29, 1.82) is 0 Å². The highest BCUT2D eigenvalue weighted by Gasteiger charge is 2.15. The fraction of sp³-hybridized carbons (Fsp3) is 0.833. The molecule has 1 aliphatic rings. The minimum absolute atomic E-state index is 0.0685. The van der Waals surface area contributed by atoms with Gasteiger partial charge in [-0.15, -0.1) is 0 Å².